The number of H-pyrrole nitrogens is 1. The van der Waals surface area contributed by atoms with Gasteiger partial charge in [-0.3, -0.25) is 0 Å². The van der Waals surface area contributed by atoms with E-state index in [1.807, 2.05) is 18.2 Å². The van der Waals surface area contributed by atoms with Crippen molar-refractivity contribution in [2.45, 2.75) is 17.9 Å². The van der Waals surface area contributed by atoms with Crippen LogP contribution >= 0.6 is 11.8 Å². The van der Waals surface area contributed by atoms with E-state index < -0.39 is 0 Å². The van der Waals surface area contributed by atoms with Gasteiger partial charge in [0.1, 0.15) is 5.82 Å². The minimum absolute atomic E-state index is 0.898. The summed E-state index contributed by atoms with van der Waals surface area (Å²) in [4.78, 5) is 9.24. The Morgan fingerprint density at radius 2 is 1.90 bits per heavy atom. The SMILES string of the molecule is CSc1ccc(CNCCc2nc3ccccc3[nH]2)cc1. The Bertz CT molecular complexity index is 670. The van der Waals surface area contributed by atoms with Crippen LogP contribution in [0.15, 0.2) is 53.4 Å². The highest BCUT2D eigenvalue weighted by Crippen LogP contribution is 2.14. The molecule has 0 spiro atoms. The molecule has 0 aliphatic heterocycles. The first-order valence-electron chi connectivity index (χ1n) is 7.12. The summed E-state index contributed by atoms with van der Waals surface area (Å²) in [5.41, 5.74) is 3.47. The number of hydrogen-bond donors (Lipinski definition) is 2. The maximum absolute atomic E-state index is 4.58. The Kier molecular flexibility index (Phi) is 4.58. The molecule has 0 amide bonds. The summed E-state index contributed by atoms with van der Waals surface area (Å²) in [6.45, 7) is 1.82. The third-order valence-electron chi connectivity index (χ3n) is 3.47. The average molecular weight is 297 g/mol. The summed E-state index contributed by atoms with van der Waals surface area (Å²) in [5, 5.41) is 3.47. The molecule has 3 nitrogen and oxygen atoms in total. The molecule has 1 aromatic heterocycles. The third-order valence-corrected chi connectivity index (χ3v) is 4.21. The smallest absolute Gasteiger partial charge is 0.108 e. The zero-order valence-corrected chi connectivity index (χ0v) is 12.9. The van der Waals surface area contributed by atoms with Crippen LogP contribution in [0.4, 0.5) is 0 Å². The van der Waals surface area contributed by atoms with Gasteiger partial charge in [-0.1, -0.05) is 24.3 Å². The molecule has 2 N–H and O–H groups in total. The Morgan fingerprint density at radius 1 is 1.10 bits per heavy atom. The summed E-state index contributed by atoms with van der Waals surface area (Å²) < 4.78 is 0. The van der Waals surface area contributed by atoms with E-state index in [1.165, 1.54) is 10.5 Å². The normalized spacial score (nSPS) is 11.1. The number of fused-ring (bicyclic) bond motifs is 1. The second kappa shape index (κ2) is 6.78. The number of thioether (sulfide) groups is 1. The number of hydrogen-bond acceptors (Lipinski definition) is 3. The van der Waals surface area contributed by atoms with E-state index in [1.54, 1.807) is 11.8 Å². The number of nitrogens with zero attached hydrogens (tertiary/aromatic N) is 1. The molecule has 21 heavy (non-hydrogen) atoms. The van der Waals surface area contributed by atoms with Crippen molar-refractivity contribution in [1.82, 2.24) is 15.3 Å². The van der Waals surface area contributed by atoms with Gasteiger partial charge < -0.3 is 10.3 Å². The first-order valence-corrected chi connectivity index (χ1v) is 8.35. The minimum atomic E-state index is 0.898. The third kappa shape index (κ3) is 3.65. The molecular formula is C17H19N3S. The van der Waals surface area contributed by atoms with E-state index in [0.717, 1.165) is 36.4 Å². The Balaban J connectivity index is 1.49. The van der Waals surface area contributed by atoms with Crippen LogP contribution in [0.5, 0.6) is 0 Å². The van der Waals surface area contributed by atoms with Crippen molar-refractivity contribution < 1.29 is 0 Å². The number of imidazole rings is 1. The largest absolute Gasteiger partial charge is 0.342 e. The summed E-state index contributed by atoms with van der Waals surface area (Å²) in [6, 6.07) is 16.8. The fourth-order valence-corrected chi connectivity index (χ4v) is 2.72. The van der Waals surface area contributed by atoms with Gasteiger partial charge in [-0.15, -0.1) is 11.8 Å². The lowest BCUT2D eigenvalue weighted by Crippen LogP contribution is -2.17. The number of aromatic amines is 1. The van der Waals surface area contributed by atoms with Crippen LogP contribution in [-0.2, 0) is 13.0 Å². The van der Waals surface area contributed by atoms with Gasteiger partial charge in [-0.25, -0.2) is 4.98 Å². The second-order valence-corrected chi connectivity index (χ2v) is 5.86. The average Bonchev–Trinajstić information content (AvgIpc) is 2.95. The molecular weight excluding hydrogens is 278 g/mol. The molecule has 0 saturated carbocycles. The first kappa shape index (κ1) is 14.2. The highest BCUT2D eigenvalue weighted by Gasteiger charge is 2.01. The van der Waals surface area contributed by atoms with Crippen molar-refractivity contribution in [3.63, 3.8) is 0 Å². The maximum Gasteiger partial charge on any atom is 0.108 e. The quantitative estimate of drug-likeness (QED) is 0.539. The predicted molar refractivity (Wildman–Crippen MR) is 89.7 cm³/mol. The van der Waals surface area contributed by atoms with Crippen molar-refractivity contribution in [3.8, 4) is 0 Å². The molecule has 3 aromatic rings. The van der Waals surface area contributed by atoms with Crippen molar-refractivity contribution in [1.29, 1.82) is 0 Å². The van der Waals surface area contributed by atoms with E-state index in [0.29, 0.717) is 0 Å². The fraction of sp³-hybridized carbons (Fsp3) is 0.235. The first-order chi connectivity index (χ1) is 10.3. The van der Waals surface area contributed by atoms with E-state index in [-0.39, 0.29) is 0 Å². The fourth-order valence-electron chi connectivity index (χ4n) is 2.31. The topological polar surface area (TPSA) is 40.7 Å². The number of benzene rings is 2. The Labute approximate surface area is 129 Å². The molecule has 0 saturated heterocycles. The van der Waals surface area contributed by atoms with Crippen LogP contribution in [0.1, 0.15) is 11.4 Å². The lowest BCUT2D eigenvalue weighted by Gasteiger charge is -2.04. The zero-order valence-electron chi connectivity index (χ0n) is 12.1. The standard InChI is InChI=1S/C17H19N3S/c1-21-14-8-6-13(7-9-14)12-18-11-10-17-19-15-4-2-3-5-16(15)20-17/h2-9,18H,10-12H2,1H3,(H,19,20). The molecule has 0 aliphatic carbocycles. The summed E-state index contributed by atoms with van der Waals surface area (Å²) in [5.74, 6) is 1.04. The van der Waals surface area contributed by atoms with E-state index in [9.17, 15) is 0 Å². The maximum atomic E-state index is 4.58. The monoisotopic (exact) mass is 297 g/mol. The predicted octanol–water partition coefficient (Wildman–Crippen LogP) is 3.62. The Hall–Kier alpha value is -1.78. The molecule has 3 rings (SSSR count). The van der Waals surface area contributed by atoms with E-state index >= 15 is 0 Å². The number of rotatable bonds is 6. The molecule has 1 heterocycles. The molecule has 0 radical (unpaired) electrons. The van der Waals surface area contributed by atoms with Gasteiger partial charge in [-0.05, 0) is 36.1 Å². The second-order valence-electron chi connectivity index (χ2n) is 4.98. The van der Waals surface area contributed by atoms with Crippen molar-refractivity contribution >= 4 is 22.8 Å². The van der Waals surface area contributed by atoms with Crippen LogP contribution in [-0.4, -0.2) is 22.8 Å². The minimum Gasteiger partial charge on any atom is -0.342 e. The van der Waals surface area contributed by atoms with E-state index in [4.69, 9.17) is 0 Å². The number of para-hydroxylation sites is 2. The Morgan fingerprint density at radius 3 is 2.67 bits per heavy atom. The van der Waals surface area contributed by atoms with Gasteiger partial charge in [-0.2, -0.15) is 0 Å². The molecule has 0 atom stereocenters. The van der Waals surface area contributed by atoms with Crippen molar-refractivity contribution in [2.75, 3.05) is 12.8 Å². The zero-order chi connectivity index (χ0) is 14.5. The number of nitrogens with one attached hydrogen (secondary N) is 2. The van der Waals surface area contributed by atoms with Gasteiger partial charge in [0.25, 0.3) is 0 Å². The van der Waals surface area contributed by atoms with Crippen LogP contribution in [0.3, 0.4) is 0 Å². The highest BCUT2D eigenvalue weighted by atomic mass is 32.2. The van der Waals surface area contributed by atoms with E-state index in [2.05, 4.69) is 51.9 Å². The van der Waals surface area contributed by atoms with Crippen LogP contribution in [0, 0.1) is 0 Å². The molecule has 0 unspecified atom stereocenters. The summed E-state index contributed by atoms with van der Waals surface area (Å²) in [7, 11) is 0. The summed E-state index contributed by atoms with van der Waals surface area (Å²) >= 11 is 1.77. The van der Waals surface area contributed by atoms with Gasteiger partial charge in [0.2, 0.25) is 0 Å². The van der Waals surface area contributed by atoms with Crippen LogP contribution in [0.2, 0.25) is 0 Å². The van der Waals surface area contributed by atoms with Crippen molar-refractivity contribution in [3.05, 3.63) is 59.9 Å². The summed E-state index contributed by atoms with van der Waals surface area (Å²) in [6.07, 6.45) is 3.01. The van der Waals surface area contributed by atoms with Gasteiger partial charge in [0.15, 0.2) is 0 Å². The highest BCUT2D eigenvalue weighted by molar-refractivity contribution is 7.98. The molecule has 0 fully saturated rings. The van der Waals surface area contributed by atoms with Crippen molar-refractivity contribution in [2.24, 2.45) is 0 Å². The molecule has 108 valence electrons. The molecule has 0 aliphatic rings. The number of aromatic nitrogens is 2. The van der Waals surface area contributed by atoms with Gasteiger partial charge >= 0.3 is 0 Å². The molecule has 2 aromatic carbocycles. The lowest BCUT2D eigenvalue weighted by atomic mass is 10.2. The van der Waals surface area contributed by atoms with Crippen LogP contribution < -0.4 is 5.32 Å². The molecule has 4 heteroatoms. The molecule has 0 bridgehead atoms. The lowest BCUT2D eigenvalue weighted by molar-refractivity contribution is 0.674. The van der Waals surface area contributed by atoms with Crippen LogP contribution in [0.25, 0.3) is 11.0 Å². The van der Waals surface area contributed by atoms with Gasteiger partial charge in [0.05, 0.1) is 11.0 Å². The van der Waals surface area contributed by atoms with Gasteiger partial charge in [0, 0.05) is 24.4 Å².